The summed E-state index contributed by atoms with van der Waals surface area (Å²) in [5.74, 6) is 5.62. The van der Waals surface area contributed by atoms with E-state index in [1.807, 2.05) is 0 Å². The van der Waals surface area contributed by atoms with Crippen LogP contribution < -0.4 is 0 Å². The van der Waals surface area contributed by atoms with E-state index in [2.05, 4.69) is 27.7 Å². The smallest absolute Gasteiger partial charge is 0.0543 e. The topological polar surface area (TPSA) is 40.5 Å². The maximum Gasteiger partial charge on any atom is 0.0543 e. The molecule has 0 aliphatic heterocycles. The van der Waals surface area contributed by atoms with Crippen LogP contribution in [-0.4, -0.2) is 22.9 Å². The van der Waals surface area contributed by atoms with Gasteiger partial charge in [0.05, 0.1) is 6.10 Å². The Morgan fingerprint density at radius 3 is 2.41 bits per heavy atom. The standard InChI is InChI=1S/C27H48O2/c1-18(2)6-5-7-19(3)23-10-11-24-22-9-8-20-16-21(29)12-15-27(20,17-28)25(22)13-14-26(23,24)4/h18-25,28-29H,5-17H2,1-4H3/t19-,20?,21?,22+,23-,24+,25+,26-,27-/m1/s1. The Morgan fingerprint density at radius 1 is 0.897 bits per heavy atom. The summed E-state index contributed by atoms with van der Waals surface area (Å²) >= 11 is 0. The summed E-state index contributed by atoms with van der Waals surface area (Å²) in [7, 11) is 0. The van der Waals surface area contributed by atoms with Gasteiger partial charge in [0.25, 0.3) is 0 Å². The van der Waals surface area contributed by atoms with Gasteiger partial charge in [0.1, 0.15) is 0 Å². The average molecular weight is 405 g/mol. The second-order valence-corrected chi connectivity index (χ2v) is 12.5. The molecule has 0 saturated heterocycles. The van der Waals surface area contributed by atoms with Crippen LogP contribution in [0.1, 0.15) is 105 Å². The minimum atomic E-state index is -0.118. The highest BCUT2D eigenvalue weighted by molar-refractivity contribution is 5.10. The van der Waals surface area contributed by atoms with Gasteiger partial charge in [0.15, 0.2) is 0 Å². The maximum atomic E-state index is 10.6. The SMILES string of the molecule is CC(C)CCC[C@@H](C)[C@H]1CC[C@H]2[C@@H]3CCC4CC(O)CC[C@]4(CO)[C@H]3CC[C@]12C. The van der Waals surface area contributed by atoms with E-state index in [0.29, 0.717) is 23.9 Å². The molecule has 0 aromatic heterocycles. The highest BCUT2D eigenvalue weighted by Crippen LogP contribution is 2.68. The third kappa shape index (κ3) is 3.73. The number of hydrogen-bond acceptors (Lipinski definition) is 2. The fourth-order valence-corrected chi connectivity index (χ4v) is 9.36. The molecule has 0 amide bonds. The molecule has 4 rings (SSSR count). The molecule has 0 aromatic rings. The molecular formula is C27H48O2. The van der Waals surface area contributed by atoms with Crippen LogP contribution in [0.2, 0.25) is 0 Å². The molecule has 2 heteroatoms. The van der Waals surface area contributed by atoms with Crippen molar-refractivity contribution in [2.75, 3.05) is 6.61 Å². The quantitative estimate of drug-likeness (QED) is 0.534. The summed E-state index contributed by atoms with van der Waals surface area (Å²) < 4.78 is 0. The Labute approximate surface area is 180 Å². The molecule has 0 aromatic carbocycles. The van der Waals surface area contributed by atoms with E-state index in [0.717, 1.165) is 48.9 Å². The summed E-state index contributed by atoms with van der Waals surface area (Å²) in [6.07, 6.45) is 15.2. The second-order valence-electron chi connectivity index (χ2n) is 12.5. The normalized spacial score (nSPS) is 48.1. The first-order valence-corrected chi connectivity index (χ1v) is 13.1. The molecule has 0 spiro atoms. The maximum absolute atomic E-state index is 10.6. The van der Waals surface area contributed by atoms with Crippen LogP contribution >= 0.6 is 0 Å². The van der Waals surface area contributed by atoms with Crippen molar-refractivity contribution in [1.29, 1.82) is 0 Å². The van der Waals surface area contributed by atoms with Gasteiger partial charge in [-0.05, 0) is 110 Å². The van der Waals surface area contributed by atoms with Crippen molar-refractivity contribution in [2.45, 2.75) is 111 Å². The van der Waals surface area contributed by atoms with Crippen LogP contribution in [0.3, 0.4) is 0 Å². The molecule has 2 unspecified atom stereocenters. The van der Waals surface area contributed by atoms with Gasteiger partial charge in [0.2, 0.25) is 0 Å². The molecule has 0 bridgehead atoms. The van der Waals surface area contributed by atoms with E-state index in [4.69, 9.17) is 0 Å². The van der Waals surface area contributed by atoms with Crippen molar-refractivity contribution in [3.05, 3.63) is 0 Å². The largest absolute Gasteiger partial charge is 0.396 e. The zero-order valence-electron chi connectivity index (χ0n) is 19.7. The molecular weight excluding hydrogens is 356 g/mol. The van der Waals surface area contributed by atoms with Gasteiger partial charge in [0, 0.05) is 6.61 Å². The van der Waals surface area contributed by atoms with Crippen molar-refractivity contribution < 1.29 is 10.2 Å². The van der Waals surface area contributed by atoms with E-state index in [1.54, 1.807) is 0 Å². The van der Waals surface area contributed by atoms with Gasteiger partial charge in [-0.3, -0.25) is 0 Å². The van der Waals surface area contributed by atoms with Crippen LogP contribution in [0.15, 0.2) is 0 Å². The van der Waals surface area contributed by atoms with Crippen LogP contribution in [0.4, 0.5) is 0 Å². The zero-order valence-corrected chi connectivity index (χ0v) is 19.7. The predicted octanol–water partition coefficient (Wildman–Crippen LogP) is 6.44. The molecule has 4 aliphatic rings. The van der Waals surface area contributed by atoms with Crippen LogP contribution in [0.25, 0.3) is 0 Å². The van der Waals surface area contributed by atoms with Gasteiger partial charge >= 0.3 is 0 Å². The Bertz CT molecular complexity index is 559. The Hall–Kier alpha value is -0.0800. The van der Waals surface area contributed by atoms with E-state index in [1.165, 1.54) is 57.8 Å². The van der Waals surface area contributed by atoms with Crippen molar-refractivity contribution in [3.8, 4) is 0 Å². The third-order valence-electron chi connectivity index (χ3n) is 10.8. The minimum absolute atomic E-state index is 0.118. The van der Waals surface area contributed by atoms with E-state index in [-0.39, 0.29) is 11.5 Å². The first kappa shape index (κ1) is 22.1. The fourth-order valence-electron chi connectivity index (χ4n) is 9.36. The fraction of sp³-hybridized carbons (Fsp3) is 1.00. The monoisotopic (exact) mass is 404 g/mol. The van der Waals surface area contributed by atoms with Crippen molar-refractivity contribution >= 4 is 0 Å². The molecule has 2 nitrogen and oxygen atoms in total. The van der Waals surface area contributed by atoms with Crippen molar-refractivity contribution in [2.24, 2.45) is 52.3 Å². The van der Waals surface area contributed by atoms with Gasteiger partial charge in [-0.15, -0.1) is 0 Å². The van der Waals surface area contributed by atoms with Crippen LogP contribution in [0, 0.1) is 52.3 Å². The molecule has 4 fully saturated rings. The summed E-state index contributed by atoms with van der Waals surface area (Å²) in [6, 6.07) is 0. The molecule has 2 N–H and O–H groups in total. The van der Waals surface area contributed by atoms with E-state index < -0.39 is 0 Å². The zero-order chi connectivity index (χ0) is 20.8. The Kier molecular flexibility index (Phi) is 6.45. The van der Waals surface area contributed by atoms with Crippen LogP contribution in [-0.2, 0) is 0 Å². The minimum Gasteiger partial charge on any atom is -0.396 e. The molecule has 9 atom stereocenters. The molecule has 4 aliphatic carbocycles. The summed E-state index contributed by atoms with van der Waals surface area (Å²) in [5.41, 5.74) is 0.667. The Morgan fingerprint density at radius 2 is 1.69 bits per heavy atom. The molecule has 0 radical (unpaired) electrons. The lowest BCUT2D eigenvalue weighted by molar-refractivity contribution is -0.155. The van der Waals surface area contributed by atoms with E-state index in [9.17, 15) is 10.2 Å². The molecule has 29 heavy (non-hydrogen) atoms. The number of aliphatic hydroxyl groups excluding tert-OH is 2. The number of hydrogen-bond donors (Lipinski definition) is 2. The summed E-state index contributed by atoms with van der Waals surface area (Å²) in [5, 5.41) is 20.9. The number of fused-ring (bicyclic) bond motifs is 5. The molecule has 4 saturated carbocycles. The van der Waals surface area contributed by atoms with Gasteiger partial charge < -0.3 is 10.2 Å². The molecule has 168 valence electrons. The van der Waals surface area contributed by atoms with Crippen LogP contribution in [0.5, 0.6) is 0 Å². The average Bonchev–Trinajstić information content (AvgIpc) is 3.04. The van der Waals surface area contributed by atoms with Crippen molar-refractivity contribution in [3.63, 3.8) is 0 Å². The first-order chi connectivity index (χ1) is 13.8. The lowest BCUT2D eigenvalue weighted by Crippen LogP contribution is -2.56. The highest BCUT2D eigenvalue weighted by atomic mass is 16.3. The van der Waals surface area contributed by atoms with Gasteiger partial charge in [-0.2, -0.15) is 0 Å². The first-order valence-electron chi connectivity index (χ1n) is 13.1. The lowest BCUT2D eigenvalue weighted by atomic mass is 9.44. The van der Waals surface area contributed by atoms with Crippen molar-refractivity contribution in [1.82, 2.24) is 0 Å². The molecule has 0 heterocycles. The second kappa shape index (κ2) is 8.45. The van der Waals surface area contributed by atoms with Gasteiger partial charge in [-0.25, -0.2) is 0 Å². The Balaban J connectivity index is 1.49. The number of rotatable bonds is 6. The predicted molar refractivity (Wildman–Crippen MR) is 120 cm³/mol. The summed E-state index contributed by atoms with van der Waals surface area (Å²) in [6.45, 7) is 10.3. The van der Waals surface area contributed by atoms with Gasteiger partial charge in [-0.1, -0.05) is 47.0 Å². The summed E-state index contributed by atoms with van der Waals surface area (Å²) in [4.78, 5) is 0. The lowest BCUT2D eigenvalue weighted by Gasteiger charge is -2.61. The number of aliphatic hydroxyl groups is 2. The highest BCUT2D eigenvalue weighted by Gasteiger charge is 2.61. The van der Waals surface area contributed by atoms with E-state index >= 15 is 0 Å². The third-order valence-corrected chi connectivity index (χ3v) is 10.8.